The molecule has 0 aliphatic heterocycles. The van der Waals surface area contributed by atoms with E-state index in [2.05, 4.69) is 0 Å². The molecule has 1 aliphatic rings. The molecule has 5 nitrogen and oxygen atoms in total. The van der Waals surface area contributed by atoms with E-state index in [1.807, 2.05) is 0 Å². The summed E-state index contributed by atoms with van der Waals surface area (Å²) in [4.78, 5) is 12.5. The predicted molar refractivity (Wildman–Crippen MR) is 94.5 cm³/mol. The Balaban J connectivity index is 2.06. The number of sulfonamides is 1. The third kappa shape index (κ3) is 3.64. The fraction of sp³-hybridized carbons (Fsp3) is 0.316. The largest absolute Gasteiger partial charge is 0.393 e. The van der Waals surface area contributed by atoms with Crippen molar-refractivity contribution < 1.29 is 22.7 Å². The SMILES string of the molecule is O=C(c1ccccc1)N(C1CCC(O)CC1)S(=O)(=O)c1ccccc1F. The third-order valence-corrected chi connectivity index (χ3v) is 6.46. The van der Waals surface area contributed by atoms with Crippen LogP contribution in [0.1, 0.15) is 36.0 Å². The molecule has 1 aliphatic carbocycles. The minimum absolute atomic E-state index is 0.221. The van der Waals surface area contributed by atoms with Gasteiger partial charge >= 0.3 is 0 Å². The smallest absolute Gasteiger partial charge is 0.269 e. The first-order valence-electron chi connectivity index (χ1n) is 8.47. The standard InChI is InChI=1S/C19H20FNO4S/c20-17-8-4-5-9-18(17)26(24,25)21(15-10-12-16(22)13-11-15)19(23)14-6-2-1-3-7-14/h1-9,15-16,22H,10-13H2. The second kappa shape index (κ2) is 7.55. The quantitative estimate of drug-likeness (QED) is 0.889. The molecule has 0 spiro atoms. The zero-order valence-corrected chi connectivity index (χ0v) is 14.9. The van der Waals surface area contributed by atoms with Crippen molar-refractivity contribution in [3.05, 3.63) is 66.0 Å². The van der Waals surface area contributed by atoms with Crippen molar-refractivity contribution >= 4 is 15.9 Å². The average molecular weight is 377 g/mol. The van der Waals surface area contributed by atoms with Crippen LogP contribution in [-0.2, 0) is 10.0 Å². The minimum Gasteiger partial charge on any atom is -0.393 e. The molecule has 0 unspecified atom stereocenters. The highest BCUT2D eigenvalue weighted by molar-refractivity contribution is 7.89. The highest BCUT2D eigenvalue weighted by Crippen LogP contribution is 2.30. The number of nitrogens with zero attached hydrogens (tertiary/aromatic N) is 1. The summed E-state index contributed by atoms with van der Waals surface area (Å²) in [6, 6.07) is 12.5. The first-order chi connectivity index (χ1) is 12.4. The Labute approximate surface area is 152 Å². The molecule has 0 bridgehead atoms. The van der Waals surface area contributed by atoms with Crippen LogP contribution in [0.2, 0.25) is 0 Å². The number of benzene rings is 2. The van der Waals surface area contributed by atoms with Gasteiger partial charge in [0.15, 0.2) is 0 Å². The summed E-state index contributed by atoms with van der Waals surface area (Å²) in [7, 11) is -4.37. The molecule has 7 heteroatoms. The Morgan fingerprint density at radius 2 is 1.54 bits per heavy atom. The Morgan fingerprint density at radius 3 is 2.15 bits per heavy atom. The molecule has 0 aromatic heterocycles. The number of halogens is 1. The van der Waals surface area contributed by atoms with E-state index < -0.39 is 38.8 Å². The van der Waals surface area contributed by atoms with Crippen LogP contribution in [0.25, 0.3) is 0 Å². The van der Waals surface area contributed by atoms with Gasteiger partial charge in [-0.1, -0.05) is 30.3 Å². The van der Waals surface area contributed by atoms with Crippen LogP contribution >= 0.6 is 0 Å². The summed E-state index contributed by atoms with van der Waals surface area (Å²) in [6.45, 7) is 0. The summed E-state index contributed by atoms with van der Waals surface area (Å²) in [5.41, 5.74) is 0.221. The lowest BCUT2D eigenvalue weighted by atomic mass is 9.93. The molecule has 0 radical (unpaired) electrons. The predicted octanol–water partition coefficient (Wildman–Crippen LogP) is 2.96. The Bertz CT molecular complexity index is 877. The highest BCUT2D eigenvalue weighted by Gasteiger charge is 2.39. The fourth-order valence-electron chi connectivity index (χ4n) is 3.23. The lowest BCUT2D eigenvalue weighted by molar-refractivity contribution is 0.0693. The van der Waals surface area contributed by atoms with Crippen molar-refractivity contribution in [2.24, 2.45) is 0 Å². The van der Waals surface area contributed by atoms with E-state index in [1.165, 1.54) is 24.3 Å². The van der Waals surface area contributed by atoms with Crippen LogP contribution in [0, 0.1) is 5.82 Å². The summed E-state index contributed by atoms with van der Waals surface area (Å²) in [6.07, 6.45) is 0.975. The number of carbonyl (C=O) groups is 1. The van der Waals surface area contributed by atoms with Crippen LogP contribution in [0.4, 0.5) is 4.39 Å². The van der Waals surface area contributed by atoms with Crippen LogP contribution in [0.15, 0.2) is 59.5 Å². The molecule has 1 fully saturated rings. The van der Waals surface area contributed by atoms with Crippen molar-refractivity contribution in [1.82, 2.24) is 4.31 Å². The molecule has 1 amide bonds. The number of rotatable bonds is 4. The van der Waals surface area contributed by atoms with Gasteiger partial charge in [0.05, 0.1) is 6.10 Å². The zero-order valence-electron chi connectivity index (χ0n) is 14.1. The second-order valence-electron chi connectivity index (χ2n) is 6.36. The molecule has 1 saturated carbocycles. The second-order valence-corrected chi connectivity index (χ2v) is 8.15. The summed E-state index contributed by atoms with van der Waals surface area (Å²) >= 11 is 0. The molecule has 0 heterocycles. The van der Waals surface area contributed by atoms with Gasteiger partial charge in [0.2, 0.25) is 0 Å². The third-order valence-electron chi connectivity index (χ3n) is 4.59. The van der Waals surface area contributed by atoms with Gasteiger partial charge in [-0.2, -0.15) is 0 Å². The van der Waals surface area contributed by atoms with E-state index in [1.54, 1.807) is 18.2 Å². The molecule has 1 N–H and O–H groups in total. The van der Waals surface area contributed by atoms with E-state index in [4.69, 9.17) is 0 Å². The molecular weight excluding hydrogens is 357 g/mol. The van der Waals surface area contributed by atoms with E-state index >= 15 is 0 Å². The highest BCUT2D eigenvalue weighted by atomic mass is 32.2. The molecule has 0 saturated heterocycles. The van der Waals surface area contributed by atoms with Crippen molar-refractivity contribution in [1.29, 1.82) is 0 Å². The van der Waals surface area contributed by atoms with Crippen molar-refractivity contribution in [2.75, 3.05) is 0 Å². The van der Waals surface area contributed by atoms with Crippen LogP contribution in [0.3, 0.4) is 0 Å². The first kappa shape index (κ1) is 18.5. The molecule has 138 valence electrons. The monoisotopic (exact) mass is 377 g/mol. The van der Waals surface area contributed by atoms with E-state index in [0.717, 1.165) is 16.4 Å². The number of hydrogen-bond donors (Lipinski definition) is 1. The molecule has 3 rings (SSSR count). The van der Waals surface area contributed by atoms with Gasteiger partial charge in [0, 0.05) is 11.6 Å². The molecular formula is C19H20FNO4S. The van der Waals surface area contributed by atoms with Crippen molar-refractivity contribution in [2.45, 2.75) is 42.7 Å². The molecule has 26 heavy (non-hydrogen) atoms. The average Bonchev–Trinajstić information content (AvgIpc) is 2.64. The Hall–Kier alpha value is -2.25. The Kier molecular flexibility index (Phi) is 5.38. The minimum atomic E-state index is -4.37. The van der Waals surface area contributed by atoms with Gasteiger partial charge in [-0.05, 0) is 49.9 Å². The summed E-state index contributed by atoms with van der Waals surface area (Å²) < 4.78 is 41.3. The van der Waals surface area contributed by atoms with E-state index in [-0.39, 0.29) is 5.56 Å². The normalized spacial score (nSPS) is 20.5. The van der Waals surface area contributed by atoms with Crippen molar-refractivity contribution in [3.8, 4) is 0 Å². The van der Waals surface area contributed by atoms with Gasteiger partial charge in [-0.3, -0.25) is 4.79 Å². The first-order valence-corrected chi connectivity index (χ1v) is 9.91. The lowest BCUT2D eigenvalue weighted by Gasteiger charge is -2.35. The van der Waals surface area contributed by atoms with E-state index in [9.17, 15) is 22.7 Å². The maximum Gasteiger partial charge on any atom is 0.269 e. The van der Waals surface area contributed by atoms with E-state index in [0.29, 0.717) is 25.7 Å². The van der Waals surface area contributed by atoms with Crippen LogP contribution < -0.4 is 0 Å². The number of amides is 1. The molecule has 0 atom stereocenters. The van der Waals surface area contributed by atoms with Gasteiger partial charge in [-0.25, -0.2) is 17.1 Å². The zero-order chi connectivity index (χ0) is 18.7. The maximum atomic E-state index is 14.2. The summed E-state index contributed by atoms with van der Waals surface area (Å²) in [5, 5.41) is 9.72. The summed E-state index contributed by atoms with van der Waals surface area (Å²) in [5.74, 6) is -1.58. The molecule has 2 aromatic rings. The Morgan fingerprint density at radius 1 is 0.962 bits per heavy atom. The van der Waals surface area contributed by atoms with Gasteiger partial charge < -0.3 is 5.11 Å². The maximum absolute atomic E-state index is 14.2. The molecule has 2 aromatic carbocycles. The van der Waals surface area contributed by atoms with Crippen LogP contribution in [0.5, 0.6) is 0 Å². The van der Waals surface area contributed by atoms with Crippen molar-refractivity contribution in [3.63, 3.8) is 0 Å². The number of aliphatic hydroxyl groups is 1. The number of aliphatic hydroxyl groups excluding tert-OH is 1. The lowest BCUT2D eigenvalue weighted by Crippen LogP contribution is -2.46. The number of hydrogen-bond acceptors (Lipinski definition) is 4. The topological polar surface area (TPSA) is 74.7 Å². The van der Waals surface area contributed by atoms with Gasteiger partial charge in [0.1, 0.15) is 10.7 Å². The van der Waals surface area contributed by atoms with Gasteiger partial charge in [-0.15, -0.1) is 0 Å². The van der Waals surface area contributed by atoms with Crippen LogP contribution in [-0.4, -0.2) is 35.9 Å². The fourth-order valence-corrected chi connectivity index (χ4v) is 4.94. The number of carbonyl (C=O) groups excluding carboxylic acids is 1. The van der Waals surface area contributed by atoms with Gasteiger partial charge in [0.25, 0.3) is 15.9 Å².